The molecule has 3 aromatic carbocycles. The van der Waals surface area contributed by atoms with E-state index in [0.29, 0.717) is 6.42 Å². The average molecular weight is 640 g/mol. The van der Waals surface area contributed by atoms with Gasteiger partial charge in [-0.1, -0.05) is 74.6 Å². The van der Waals surface area contributed by atoms with Crippen LogP contribution in [-0.4, -0.2) is 45.8 Å². The van der Waals surface area contributed by atoms with E-state index in [9.17, 15) is 26.2 Å². The molecular weight excluding hydrogens is 607 g/mol. The summed E-state index contributed by atoms with van der Waals surface area (Å²) >= 11 is 1.51. The molecule has 2 heterocycles. The number of benzene rings is 3. The van der Waals surface area contributed by atoms with Crippen molar-refractivity contribution in [1.82, 2.24) is 4.72 Å². The van der Waals surface area contributed by atoms with Crippen molar-refractivity contribution in [3.8, 4) is 0 Å². The van der Waals surface area contributed by atoms with Crippen LogP contribution in [0.1, 0.15) is 37.8 Å². The predicted octanol–water partition coefficient (Wildman–Crippen LogP) is 4.44. The zero-order valence-electron chi connectivity index (χ0n) is 24.3. The van der Waals surface area contributed by atoms with Gasteiger partial charge in [-0.2, -0.15) is 4.57 Å². The monoisotopic (exact) mass is 639 g/mol. The molecule has 9 nitrogen and oxygen atoms in total. The Balaban J connectivity index is 1.66. The number of allylic oxidation sites excluding steroid dienone is 3. The van der Waals surface area contributed by atoms with Crippen molar-refractivity contribution in [2.45, 2.75) is 39.2 Å². The Labute approximate surface area is 256 Å². The number of fused-ring (bicyclic) bond motifs is 4. The first-order valence-electron chi connectivity index (χ1n) is 13.8. The molecule has 4 aromatic rings. The van der Waals surface area contributed by atoms with Gasteiger partial charge in [0.2, 0.25) is 22.1 Å². The minimum absolute atomic E-state index is 0.0235. The summed E-state index contributed by atoms with van der Waals surface area (Å²) in [6.45, 7) is 5.97. The highest BCUT2D eigenvalue weighted by molar-refractivity contribution is 7.89. The molecule has 1 aliphatic heterocycles. The summed E-state index contributed by atoms with van der Waals surface area (Å²) in [4.78, 5) is 14.7. The first kappa shape index (κ1) is 30.9. The summed E-state index contributed by atoms with van der Waals surface area (Å²) in [6.07, 6.45) is 5.58. The normalized spacial score (nSPS) is 16.3. The number of para-hydroxylation sites is 1. The number of aromatic nitrogens is 1. The van der Waals surface area contributed by atoms with Crippen molar-refractivity contribution < 1.29 is 30.7 Å². The third kappa shape index (κ3) is 6.52. The molecule has 1 aliphatic rings. The van der Waals surface area contributed by atoms with E-state index in [4.69, 9.17) is 0 Å². The molecular formula is C31H33N3O6S3. The third-order valence-corrected chi connectivity index (χ3v) is 10.1. The van der Waals surface area contributed by atoms with Crippen LogP contribution in [0.2, 0.25) is 0 Å². The first-order chi connectivity index (χ1) is 20.2. The van der Waals surface area contributed by atoms with E-state index < -0.39 is 37.2 Å². The molecule has 0 atom stereocenters. The molecule has 0 aliphatic carbocycles. The Morgan fingerprint density at radius 1 is 1.05 bits per heavy atom. The van der Waals surface area contributed by atoms with Gasteiger partial charge in [-0.15, -0.1) is 0 Å². The maximum Gasteiger partial charge on any atom is 0.299 e. The number of anilines is 1. The van der Waals surface area contributed by atoms with E-state index in [1.807, 2.05) is 89.2 Å². The van der Waals surface area contributed by atoms with Gasteiger partial charge in [0.05, 0.1) is 22.1 Å². The van der Waals surface area contributed by atoms with Crippen LogP contribution in [-0.2, 0) is 36.9 Å². The molecule has 5 rings (SSSR count). The summed E-state index contributed by atoms with van der Waals surface area (Å²) in [6, 6.07) is 19.6. The second-order valence-corrected chi connectivity index (χ2v) is 15.4. The molecule has 0 spiro atoms. The van der Waals surface area contributed by atoms with Gasteiger partial charge in [-0.25, -0.2) is 21.6 Å². The zero-order valence-corrected chi connectivity index (χ0v) is 26.8. The van der Waals surface area contributed by atoms with E-state index in [-0.39, 0.29) is 13.1 Å². The Bertz CT molecular complexity index is 2030. The number of nitrogens with one attached hydrogen (secondary N) is 1. The lowest BCUT2D eigenvalue weighted by Gasteiger charge is -2.28. The fourth-order valence-electron chi connectivity index (χ4n) is 5.61. The number of hydrogen-bond donors (Lipinski definition) is 1. The quantitative estimate of drug-likeness (QED) is 0.212. The van der Waals surface area contributed by atoms with Crippen molar-refractivity contribution in [3.05, 3.63) is 88.6 Å². The number of carbonyl (C=O) groups excluding carboxylic acids is 1. The molecule has 0 saturated carbocycles. The molecule has 12 heteroatoms. The van der Waals surface area contributed by atoms with Crippen LogP contribution in [0.3, 0.4) is 0 Å². The summed E-state index contributed by atoms with van der Waals surface area (Å²) in [5.74, 6) is -1.18. The van der Waals surface area contributed by atoms with Crippen LogP contribution < -0.4 is 14.2 Å². The SMILES string of the molecule is CCC(=Cc1sc2c3ccccc3ccc2[n+]1CC(=O)NS(C)(=O)=O)C=C1N(CCS(=O)(=O)[O-])c2ccccc2C1(C)C. The van der Waals surface area contributed by atoms with Gasteiger partial charge < -0.3 is 9.45 Å². The summed E-state index contributed by atoms with van der Waals surface area (Å²) in [7, 11) is -8.17. The van der Waals surface area contributed by atoms with Gasteiger partial charge in [-0.05, 0) is 41.2 Å². The molecule has 226 valence electrons. The molecule has 43 heavy (non-hydrogen) atoms. The minimum Gasteiger partial charge on any atom is -0.748 e. The second kappa shape index (κ2) is 11.5. The largest absolute Gasteiger partial charge is 0.748 e. The van der Waals surface area contributed by atoms with Crippen LogP contribution >= 0.6 is 11.3 Å². The first-order valence-corrected chi connectivity index (χ1v) is 18.0. The van der Waals surface area contributed by atoms with Crippen molar-refractivity contribution in [2.24, 2.45) is 0 Å². The molecule has 0 saturated heterocycles. The van der Waals surface area contributed by atoms with E-state index in [1.165, 1.54) is 11.3 Å². The summed E-state index contributed by atoms with van der Waals surface area (Å²) in [5.41, 5.74) is 3.99. The molecule has 0 unspecified atom stereocenters. The van der Waals surface area contributed by atoms with E-state index in [1.54, 1.807) is 0 Å². The van der Waals surface area contributed by atoms with Crippen LogP contribution in [0.5, 0.6) is 0 Å². The van der Waals surface area contributed by atoms with Crippen molar-refractivity contribution in [3.63, 3.8) is 0 Å². The number of sulfonamides is 1. The maximum absolute atomic E-state index is 12.8. The van der Waals surface area contributed by atoms with Crippen LogP contribution in [0.15, 0.2) is 78.0 Å². The van der Waals surface area contributed by atoms with Crippen molar-refractivity contribution >= 4 is 70.1 Å². The molecule has 0 bridgehead atoms. The topological polar surface area (TPSA) is 128 Å². The average Bonchev–Trinajstić information content (AvgIpc) is 3.37. The van der Waals surface area contributed by atoms with E-state index >= 15 is 0 Å². The molecule has 1 aromatic heterocycles. The predicted molar refractivity (Wildman–Crippen MR) is 170 cm³/mol. The van der Waals surface area contributed by atoms with Crippen molar-refractivity contribution in [1.29, 1.82) is 0 Å². The van der Waals surface area contributed by atoms with Crippen LogP contribution in [0.25, 0.3) is 27.1 Å². The van der Waals surface area contributed by atoms with Gasteiger partial charge in [0.15, 0.2) is 0 Å². The zero-order chi connectivity index (χ0) is 31.2. The molecule has 1 N–H and O–H groups in total. The lowest BCUT2D eigenvalue weighted by atomic mass is 9.83. The lowest BCUT2D eigenvalue weighted by molar-refractivity contribution is -0.655. The Kier molecular flexibility index (Phi) is 8.25. The lowest BCUT2D eigenvalue weighted by Crippen LogP contribution is -2.45. The van der Waals surface area contributed by atoms with Gasteiger partial charge in [0.25, 0.3) is 10.9 Å². The van der Waals surface area contributed by atoms with Gasteiger partial charge in [0, 0.05) is 40.9 Å². The third-order valence-electron chi connectivity index (χ3n) is 7.63. The molecule has 0 radical (unpaired) electrons. The highest BCUT2D eigenvalue weighted by Crippen LogP contribution is 2.48. The fraction of sp³-hybridized carbons (Fsp3) is 0.290. The van der Waals surface area contributed by atoms with Crippen LogP contribution in [0, 0.1) is 0 Å². The van der Waals surface area contributed by atoms with Gasteiger partial charge in [-0.3, -0.25) is 4.79 Å². The van der Waals surface area contributed by atoms with E-state index in [0.717, 1.165) is 54.8 Å². The van der Waals surface area contributed by atoms with Gasteiger partial charge in [0.1, 0.15) is 4.70 Å². The molecule has 1 amide bonds. The van der Waals surface area contributed by atoms with Crippen LogP contribution in [0.4, 0.5) is 5.69 Å². The molecule has 0 fully saturated rings. The fourth-order valence-corrected chi connectivity index (χ4v) is 7.76. The number of rotatable bonds is 9. The number of thiazole rings is 1. The second-order valence-electron chi connectivity index (χ2n) is 11.1. The van der Waals surface area contributed by atoms with Crippen molar-refractivity contribution in [2.75, 3.05) is 23.5 Å². The minimum atomic E-state index is -4.44. The number of amides is 1. The Hall–Kier alpha value is -3.58. The Morgan fingerprint density at radius 3 is 2.44 bits per heavy atom. The smallest absolute Gasteiger partial charge is 0.299 e. The summed E-state index contributed by atoms with van der Waals surface area (Å²) in [5, 5.41) is 2.83. The maximum atomic E-state index is 12.8. The number of nitrogens with zero attached hydrogens (tertiary/aromatic N) is 2. The Morgan fingerprint density at radius 2 is 1.74 bits per heavy atom. The highest BCUT2D eigenvalue weighted by atomic mass is 32.2. The number of carbonyl (C=O) groups is 1. The summed E-state index contributed by atoms with van der Waals surface area (Å²) < 4.78 is 63.2. The van der Waals surface area contributed by atoms with Gasteiger partial charge >= 0.3 is 0 Å². The van der Waals surface area contributed by atoms with E-state index in [2.05, 4.69) is 18.6 Å². The standard InChI is InChI=1S/C31H33N3O6S3/c1-5-21(18-27-31(2,3)24-12-8-9-13-25(24)33(27)16-17-43(38,39)40)19-29-34(20-28(35)32-42(4,36)37)26-15-14-22-10-6-7-11-23(22)30(26)41-29/h6-15,18-19H,5,16-17,20H2,1-4H3,(H-,32,35,38,39,40). The number of hydrogen-bond acceptors (Lipinski definition) is 8. The highest BCUT2D eigenvalue weighted by Gasteiger charge is 2.40.